The van der Waals surface area contributed by atoms with Crippen LogP contribution in [-0.2, 0) is 20.7 Å². The van der Waals surface area contributed by atoms with Gasteiger partial charge in [-0.2, -0.15) is 0 Å². The number of likely N-dealkylation sites (tertiary alicyclic amines) is 1. The molecule has 0 saturated carbocycles. The van der Waals surface area contributed by atoms with Crippen LogP contribution in [0.4, 0.5) is 0 Å². The number of carbonyl (C=O) groups is 2. The lowest BCUT2D eigenvalue weighted by Crippen LogP contribution is -2.42. The highest BCUT2D eigenvalue weighted by atomic mass is 16.5. The summed E-state index contributed by atoms with van der Waals surface area (Å²) in [5, 5.41) is 11.6. The molecule has 0 bridgehead atoms. The van der Waals surface area contributed by atoms with Gasteiger partial charge in [0.15, 0.2) is 11.5 Å². The number of benzene rings is 2. The van der Waals surface area contributed by atoms with E-state index in [0.29, 0.717) is 68.6 Å². The van der Waals surface area contributed by atoms with Crippen molar-refractivity contribution < 1.29 is 33.6 Å². The first-order valence-electron chi connectivity index (χ1n) is 13.8. The van der Waals surface area contributed by atoms with E-state index in [0.717, 1.165) is 24.4 Å². The van der Waals surface area contributed by atoms with E-state index in [1.165, 1.54) is 0 Å². The average molecular weight is 549 g/mol. The van der Waals surface area contributed by atoms with Gasteiger partial charge in [0.25, 0.3) is 11.7 Å². The Bertz CT molecular complexity index is 1310. The third kappa shape index (κ3) is 5.57. The van der Waals surface area contributed by atoms with Crippen LogP contribution in [0.25, 0.3) is 5.76 Å². The fourth-order valence-electron chi connectivity index (χ4n) is 5.49. The van der Waals surface area contributed by atoms with Crippen molar-refractivity contribution in [3.05, 3.63) is 71.3 Å². The van der Waals surface area contributed by atoms with Gasteiger partial charge in [0.2, 0.25) is 0 Å². The summed E-state index contributed by atoms with van der Waals surface area (Å²) in [6.07, 6.45) is 2.39. The van der Waals surface area contributed by atoms with E-state index >= 15 is 0 Å². The van der Waals surface area contributed by atoms with Crippen molar-refractivity contribution in [3.8, 4) is 17.2 Å². The molecule has 0 radical (unpaired) electrons. The second-order valence-corrected chi connectivity index (χ2v) is 10.1. The summed E-state index contributed by atoms with van der Waals surface area (Å²) < 4.78 is 22.9. The lowest BCUT2D eigenvalue weighted by Gasteiger charge is -2.31. The summed E-state index contributed by atoms with van der Waals surface area (Å²) >= 11 is 0. The second kappa shape index (κ2) is 12.1. The minimum atomic E-state index is -0.794. The molecule has 1 amide bonds. The van der Waals surface area contributed by atoms with Crippen molar-refractivity contribution >= 4 is 17.4 Å². The molecule has 40 heavy (non-hydrogen) atoms. The molecule has 1 N–H and O–H groups in total. The molecule has 3 aliphatic heterocycles. The zero-order valence-electron chi connectivity index (χ0n) is 23.1. The number of ketones is 1. The van der Waals surface area contributed by atoms with Gasteiger partial charge in [-0.1, -0.05) is 18.7 Å². The van der Waals surface area contributed by atoms with Crippen molar-refractivity contribution in [2.24, 2.45) is 0 Å². The number of rotatable bonds is 10. The molecular formula is C31H36N2O7. The highest BCUT2D eigenvalue weighted by molar-refractivity contribution is 6.46. The number of nitrogens with zero attached hydrogens (tertiary/aromatic N) is 2. The molecule has 3 aliphatic rings. The molecule has 2 aromatic rings. The van der Waals surface area contributed by atoms with Crippen LogP contribution in [0.3, 0.4) is 0 Å². The third-order valence-electron chi connectivity index (χ3n) is 7.41. The number of aliphatic hydroxyl groups excluding tert-OH is 1. The Morgan fingerprint density at radius 3 is 2.65 bits per heavy atom. The average Bonchev–Trinajstić information content (AvgIpc) is 3.46. The quantitative estimate of drug-likeness (QED) is 0.208. The maximum atomic E-state index is 13.5. The molecule has 5 rings (SSSR count). The molecule has 2 saturated heterocycles. The maximum Gasteiger partial charge on any atom is 0.295 e. The van der Waals surface area contributed by atoms with Gasteiger partial charge < -0.3 is 29.0 Å². The lowest BCUT2D eigenvalue weighted by atomic mass is 9.94. The number of amides is 1. The molecule has 3 heterocycles. The predicted octanol–water partition coefficient (Wildman–Crippen LogP) is 3.73. The number of Topliss-reactive ketones (excluding diaryl/α,β-unsaturated/α-hetero) is 1. The highest BCUT2D eigenvalue weighted by Gasteiger charge is 2.46. The Kier molecular flexibility index (Phi) is 8.42. The topological polar surface area (TPSA) is 97.8 Å². The number of fused-ring (bicyclic) bond motifs is 1. The molecule has 2 fully saturated rings. The number of hydrogen-bond donors (Lipinski definition) is 1. The van der Waals surface area contributed by atoms with Crippen LogP contribution < -0.4 is 14.2 Å². The first-order chi connectivity index (χ1) is 19.4. The van der Waals surface area contributed by atoms with Crippen LogP contribution in [-0.4, -0.2) is 85.3 Å². The smallest absolute Gasteiger partial charge is 0.295 e. The second-order valence-electron chi connectivity index (χ2n) is 10.1. The zero-order valence-corrected chi connectivity index (χ0v) is 23.1. The van der Waals surface area contributed by atoms with Crippen LogP contribution in [0.1, 0.15) is 36.6 Å². The van der Waals surface area contributed by atoms with E-state index in [4.69, 9.17) is 18.9 Å². The summed E-state index contributed by atoms with van der Waals surface area (Å²) in [6, 6.07) is 9.93. The van der Waals surface area contributed by atoms with Gasteiger partial charge in [-0.25, -0.2) is 0 Å². The molecule has 0 aliphatic carbocycles. The van der Waals surface area contributed by atoms with Gasteiger partial charge in [0.1, 0.15) is 24.2 Å². The molecule has 0 spiro atoms. The lowest BCUT2D eigenvalue weighted by molar-refractivity contribution is -0.140. The molecule has 2 aromatic carbocycles. The summed E-state index contributed by atoms with van der Waals surface area (Å²) in [4.78, 5) is 30.8. The van der Waals surface area contributed by atoms with E-state index in [1.807, 2.05) is 26.0 Å². The Balaban J connectivity index is 1.56. The van der Waals surface area contributed by atoms with Crippen LogP contribution in [0.15, 0.2) is 54.6 Å². The SMILES string of the molecule is C=CCOc1ccc([C@@H]2C(=C(O)c3ccc4c(c3)C[C@@H](C)O4)C(=O)C(=O)N2CCN2CCOCC2)cc1OCC. The maximum absolute atomic E-state index is 13.5. The molecule has 0 aromatic heterocycles. The summed E-state index contributed by atoms with van der Waals surface area (Å²) in [7, 11) is 0. The van der Waals surface area contributed by atoms with Crippen LogP contribution in [0.5, 0.6) is 17.2 Å². The molecule has 0 unspecified atom stereocenters. The van der Waals surface area contributed by atoms with E-state index in [-0.39, 0.29) is 17.4 Å². The first kappa shape index (κ1) is 27.7. The van der Waals surface area contributed by atoms with E-state index in [2.05, 4.69) is 11.5 Å². The van der Waals surface area contributed by atoms with Crippen LogP contribution >= 0.6 is 0 Å². The number of ether oxygens (including phenoxy) is 4. The Hall–Kier alpha value is -3.82. The normalized spacial score (nSPS) is 22.2. The van der Waals surface area contributed by atoms with Gasteiger partial charge in [0, 0.05) is 38.2 Å². The molecular weight excluding hydrogens is 512 g/mol. The van der Waals surface area contributed by atoms with E-state index in [1.54, 1.807) is 35.2 Å². The summed E-state index contributed by atoms with van der Waals surface area (Å²) in [5.74, 6) is 0.239. The third-order valence-corrected chi connectivity index (χ3v) is 7.41. The van der Waals surface area contributed by atoms with Crippen molar-refractivity contribution in [1.82, 2.24) is 9.80 Å². The largest absolute Gasteiger partial charge is 0.507 e. The molecule has 9 heteroatoms. The monoisotopic (exact) mass is 548 g/mol. The summed E-state index contributed by atoms with van der Waals surface area (Å²) in [6.45, 7) is 11.9. The molecule has 212 valence electrons. The van der Waals surface area contributed by atoms with Gasteiger partial charge in [-0.3, -0.25) is 14.5 Å². The Morgan fingerprint density at radius 1 is 1.10 bits per heavy atom. The molecule has 9 nitrogen and oxygen atoms in total. The van der Waals surface area contributed by atoms with Crippen molar-refractivity contribution in [2.45, 2.75) is 32.4 Å². The Labute approximate surface area is 234 Å². The van der Waals surface area contributed by atoms with Crippen molar-refractivity contribution in [2.75, 3.05) is 52.6 Å². The minimum Gasteiger partial charge on any atom is -0.507 e. The predicted molar refractivity (Wildman–Crippen MR) is 150 cm³/mol. The standard InChI is InChI=1S/C31H36N2O7/c1-4-14-39-25-9-6-21(19-26(25)38-5-2)28-27(29(34)22-7-8-24-23(18-22)17-20(3)40-24)30(35)31(36)33(28)11-10-32-12-15-37-16-13-32/h4,6-9,18-20,28,34H,1,5,10-17H2,2-3H3/t20-,28-/m1/s1. The number of morpholine rings is 1. The van der Waals surface area contributed by atoms with Crippen molar-refractivity contribution in [1.29, 1.82) is 0 Å². The van der Waals surface area contributed by atoms with Crippen LogP contribution in [0, 0.1) is 0 Å². The van der Waals surface area contributed by atoms with E-state index in [9.17, 15) is 14.7 Å². The first-order valence-corrected chi connectivity index (χ1v) is 13.8. The van der Waals surface area contributed by atoms with Crippen LogP contribution in [0.2, 0.25) is 0 Å². The van der Waals surface area contributed by atoms with Gasteiger partial charge in [-0.15, -0.1) is 0 Å². The number of carbonyl (C=O) groups excluding carboxylic acids is 2. The fourth-order valence-corrected chi connectivity index (χ4v) is 5.49. The van der Waals surface area contributed by atoms with Gasteiger partial charge in [-0.05, 0) is 55.3 Å². The van der Waals surface area contributed by atoms with E-state index < -0.39 is 17.7 Å². The Morgan fingerprint density at radius 2 is 1.90 bits per heavy atom. The number of aliphatic hydroxyl groups is 1. The number of hydrogen-bond acceptors (Lipinski definition) is 8. The fraction of sp³-hybridized carbons (Fsp3) is 0.419. The van der Waals surface area contributed by atoms with Gasteiger partial charge in [0.05, 0.1) is 31.4 Å². The van der Waals surface area contributed by atoms with Gasteiger partial charge >= 0.3 is 0 Å². The minimum absolute atomic E-state index is 0.0389. The van der Waals surface area contributed by atoms with Crippen molar-refractivity contribution in [3.63, 3.8) is 0 Å². The highest BCUT2D eigenvalue weighted by Crippen LogP contribution is 2.42. The zero-order chi connectivity index (χ0) is 28.2. The molecule has 2 atom stereocenters. The summed E-state index contributed by atoms with van der Waals surface area (Å²) in [5.41, 5.74) is 2.14.